The van der Waals surface area contributed by atoms with Gasteiger partial charge in [0.25, 0.3) is 5.79 Å². The largest absolute Gasteiger partial charge is 0.419 e. The van der Waals surface area contributed by atoms with Crippen molar-refractivity contribution in [3.63, 3.8) is 0 Å². The number of ether oxygens (including phenoxy) is 2. The first kappa shape index (κ1) is 19.3. The quantitative estimate of drug-likeness (QED) is 0.241. The van der Waals surface area contributed by atoms with E-state index >= 15 is 0 Å². The fourth-order valence-electron chi connectivity index (χ4n) is 3.67. The molecule has 3 unspecified atom stereocenters. The molecule has 3 atom stereocenters. The van der Waals surface area contributed by atoms with E-state index in [2.05, 4.69) is 0 Å². The SMILES string of the molecule is CC1C2C(=O)c3ccc(CSSC=C4C(=O)OC(C)(C)OC4=O)cc3C(=O)C12. The number of carbonyl (C=O) groups excluding carboxylic acids is 4. The van der Waals surface area contributed by atoms with E-state index in [-0.39, 0.29) is 34.9 Å². The van der Waals surface area contributed by atoms with Crippen LogP contribution in [0.4, 0.5) is 0 Å². The van der Waals surface area contributed by atoms with Crippen LogP contribution in [0.3, 0.4) is 0 Å². The van der Waals surface area contributed by atoms with Gasteiger partial charge in [-0.2, -0.15) is 0 Å². The van der Waals surface area contributed by atoms with Crippen molar-refractivity contribution < 1.29 is 28.7 Å². The average Bonchev–Trinajstić information content (AvgIpc) is 3.29. The van der Waals surface area contributed by atoms with Gasteiger partial charge in [-0.1, -0.05) is 40.6 Å². The predicted molar refractivity (Wildman–Crippen MR) is 104 cm³/mol. The van der Waals surface area contributed by atoms with Gasteiger partial charge in [0.05, 0.1) is 0 Å². The predicted octanol–water partition coefficient (Wildman–Crippen LogP) is 3.55. The molecule has 0 aromatic heterocycles. The Balaban J connectivity index is 1.40. The van der Waals surface area contributed by atoms with Crippen molar-refractivity contribution in [2.75, 3.05) is 0 Å². The molecule has 2 fully saturated rings. The van der Waals surface area contributed by atoms with E-state index in [0.717, 1.165) is 5.56 Å². The highest BCUT2D eigenvalue weighted by Crippen LogP contribution is 2.53. The first-order valence-corrected chi connectivity index (χ1v) is 11.2. The van der Waals surface area contributed by atoms with E-state index in [0.29, 0.717) is 16.9 Å². The fourth-order valence-corrected chi connectivity index (χ4v) is 5.51. The molecule has 1 aromatic rings. The molecule has 1 saturated carbocycles. The molecule has 146 valence electrons. The van der Waals surface area contributed by atoms with E-state index in [9.17, 15) is 19.2 Å². The van der Waals surface area contributed by atoms with Crippen molar-refractivity contribution in [3.05, 3.63) is 45.9 Å². The lowest BCUT2D eigenvalue weighted by Crippen LogP contribution is -2.41. The highest BCUT2D eigenvalue weighted by molar-refractivity contribution is 8.77. The number of hydrogen-bond donors (Lipinski definition) is 0. The second-order valence-corrected chi connectivity index (χ2v) is 9.82. The van der Waals surface area contributed by atoms with Crippen molar-refractivity contribution in [2.24, 2.45) is 17.8 Å². The molecule has 2 aliphatic carbocycles. The minimum absolute atomic E-state index is 0.0593. The Morgan fingerprint density at radius 2 is 1.61 bits per heavy atom. The lowest BCUT2D eigenvalue weighted by Gasteiger charge is -2.29. The Kier molecular flexibility index (Phi) is 4.66. The second-order valence-electron chi connectivity index (χ2n) is 7.59. The molecule has 0 N–H and O–H groups in total. The Morgan fingerprint density at radius 3 is 2.25 bits per heavy atom. The van der Waals surface area contributed by atoms with Crippen LogP contribution in [-0.2, 0) is 24.8 Å². The smallest absolute Gasteiger partial charge is 0.349 e. The maximum absolute atomic E-state index is 12.6. The van der Waals surface area contributed by atoms with Crippen LogP contribution in [0.2, 0.25) is 0 Å². The number of fused-ring (bicyclic) bond motifs is 2. The maximum atomic E-state index is 12.6. The van der Waals surface area contributed by atoms with E-state index in [1.807, 2.05) is 13.0 Å². The van der Waals surface area contributed by atoms with Crippen LogP contribution in [-0.4, -0.2) is 29.3 Å². The van der Waals surface area contributed by atoms with Crippen molar-refractivity contribution in [2.45, 2.75) is 32.3 Å². The van der Waals surface area contributed by atoms with E-state index in [1.54, 1.807) is 12.1 Å². The normalized spacial score (nSPS) is 27.5. The Bertz CT molecular complexity index is 926. The molecule has 1 saturated heterocycles. The summed E-state index contributed by atoms with van der Waals surface area (Å²) < 4.78 is 10.1. The molecule has 3 aliphatic rings. The summed E-state index contributed by atoms with van der Waals surface area (Å²) in [5.74, 6) is -2.16. The molecular weight excluding hydrogens is 400 g/mol. The van der Waals surface area contributed by atoms with Gasteiger partial charge in [0.2, 0.25) is 0 Å². The van der Waals surface area contributed by atoms with Crippen LogP contribution in [0.15, 0.2) is 29.2 Å². The minimum Gasteiger partial charge on any atom is -0.419 e. The van der Waals surface area contributed by atoms with Gasteiger partial charge < -0.3 is 9.47 Å². The molecule has 6 nitrogen and oxygen atoms in total. The Morgan fingerprint density at radius 1 is 1.00 bits per heavy atom. The van der Waals surface area contributed by atoms with Crippen LogP contribution in [0.5, 0.6) is 0 Å². The molecule has 0 amide bonds. The van der Waals surface area contributed by atoms with E-state index in [1.165, 1.54) is 40.8 Å². The van der Waals surface area contributed by atoms with Gasteiger partial charge in [-0.15, -0.1) is 0 Å². The van der Waals surface area contributed by atoms with Crippen LogP contribution in [0.25, 0.3) is 0 Å². The number of rotatable bonds is 4. The summed E-state index contributed by atoms with van der Waals surface area (Å²) in [7, 11) is 2.61. The molecule has 0 radical (unpaired) electrons. The standard InChI is InChI=1S/C20H18O6S2/c1-9-14-15(9)17(22)12-6-10(4-5-11(12)16(14)21)7-27-28-8-13-18(23)25-20(2,3)26-19(13)24/h4-6,8-9,14-15H,7H2,1-3H3. The highest BCUT2D eigenvalue weighted by Gasteiger charge is 2.59. The van der Waals surface area contributed by atoms with Gasteiger partial charge in [0.15, 0.2) is 17.1 Å². The van der Waals surface area contributed by atoms with Gasteiger partial charge in [-0.25, -0.2) is 9.59 Å². The number of Topliss-reactive ketones (excluding diaryl/α,β-unsaturated/α-hetero) is 2. The minimum atomic E-state index is -1.26. The van der Waals surface area contributed by atoms with Gasteiger partial charge in [0, 0.05) is 48.0 Å². The number of esters is 2. The van der Waals surface area contributed by atoms with Gasteiger partial charge in [-0.05, 0) is 17.5 Å². The van der Waals surface area contributed by atoms with Gasteiger partial charge in [-0.3, -0.25) is 9.59 Å². The van der Waals surface area contributed by atoms with Crippen LogP contribution >= 0.6 is 21.6 Å². The molecule has 0 bridgehead atoms. The second kappa shape index (κ2) is 6.77. The number of benzene rings is 1. The average molecular weight is 418 g/mol. The Labute approximate surface area is 169 Å². The number of cyclic esters (lactones) is 2. The van der Waals surface area contributed by atoms with Crippen LogP contribution in [0.1, 0.15) is 47.1 Å². The summed E-state index contributed by atoms with van der Waals surface area (Å²) in [5, 5.41) is 1.41. The summed E-state index contributed by atoms with van der Waals surface area (Å²) in [6.45, 7) is 4.93. The molecule has 1 aromatic carbocycles. The van der Waals surface area contributed by atoms with Crippen LogP contribution in [0, 0.1) is 17.8 Å². The summed E-state index contributed by atoms with van der Waals surface area (Å²) in [5.41, 5.74) is 1.79. The van der Waals surface area contributed by atoms with Crippen molar-refractivity contribution >= 4 is 45.1 Å². The Hall–Kier alpha value is -2.06. The van der Waals surface area contributed by atoms with Crippen LogP contribution < -0.4 is 0 Å². The van der Waals surface area contributed by atoms with E-state index in [4.69, 9.17) is 9.47 Å². The number of carbonyl (C=O) groups is 4. The molecule has 8 heteroatoms. The maximum Gasteiger partial charge on any atom is 0.349 e. The monoisotopic (exact) mass is 418 g/mol. The summed E-state index contributed by atoms with van der Waals surface area (Å²) >= 11 is 0. The third-order valence-electron chi connectivity index (χ3n) is 5.18. The van der Waals surface area contributed by atoms with Crippen molar-refractivity contribution in [1.29, 1.82) is 0 Å². The zero-order chi connectivity index (χ0) is 20.2. The third-order valence-corrected chi connectivity index (χ3v) is 7.15. The summed E-state index contributed by atoms with van der Waals surface area (Å²) in [6, 6.07) is 5.35. The van der Waals surface area contributed by atoms with Gasteiger partial charge in [0.1, 0.15) is 0 Å². The third kappa shape index (κ3) is 3.28. The fraction of sp³-hybridized carbons (Fsp3) is 0.400. The first-order valence-electron chi connectivity index (χ1n) is 8.86. The van der Waals surface area contributed by atoms with Crippen molar-refractivity contribution in [3.8, 4) is 0 Å². The lowest BCUT2D eigenvalue weighted by molar-refractivity contribution is -0.222. The number of ketones is 2. The topological polar surface area (TPSA) is 86.7 Å². The molecule has 1 aliphatic heterocycles. The first-order chi connectivity index (χ1) is 13.2. The number of hydrogen-bond acceptors (Lipinski definition) is 8. The lowest BCUT2D eigenvalue weighted by atomic mass is 9.89. The zero-order valence-electron chi connectivity index (χ0n) is 15.5. The summed E-state index contributed by atoms with van der Waals surface area (Å²) in [4.78, 5) is 48.7. The molecule has 1 heterocycles. The molecular formula is C20H18O6S2. The zero-order valence-corrected chi connectivity index (χ0v) is 17.1. The highest BCUT2D eigenvalue weighted by atomic mass is 33.1. The van der Waals surface area contributed by atoms with E-state index < -0.39 is 17.7 Å². The molecule has 0 spiro atoms. The summed E-state index contributed by atoms with van der Waals surface area (Å²) in [6.07, 6.45) is 0. The van der Waals surface area contributed by atoms with Crippen molar-refractivity contribution in [1.82, 2.24) is 0 Å². The van der Waals surface area contributed by atoms with Gasteiger partial charge >= 0.3 is 11.9 Å². The molecule has 4 rings (SSSR count). The molecule has 28 heavy (non-hydrogen) atoms.